The van der Waals surface area contributed by atoms with Gasteiger partial charge in [0.1, 0.15) is 19.3 Å². The molecule has 0 aromatic rings. The topological polar surface area (TPSA) is 143 Å². The van der Waals surface area contributed by atoms with Gasteiger partial charge in [-0.15, -0.1) is 0 Å². The molecule has 1 fully saturated rings. The molecule has 0 bridgehead atoms. The molecule has 0 saturated carbocycles. The van der Waals surface area contributed by atoms with Gasteiger partial charge in [-0.2, -0.15) is 0 Å². The van der Waals surface area contributed by atoms with Gasteiger partial charge in [0.05, 0.1) is 14.2 Å². The lowest BCUT2D eigenvalue weighted by atomic mass is 10.3. The number of imide groups is 1. The average molecular weight is 397 g/mol. The number of methoxy groups -OCH3 is 2. The maximum atomic E-state index is 11.9. The largest absolute Gasteiger partial charge is 0.466 e. The van der Waals surface area contributed by atoms with Gasteiger partial charge in [-0.05, 0) is 0 Å². The molecule has 1 rings (SSSR count). The molecule has 152 valence electrons. The lowest BCUT2D eigenvalue weighted by molar-refractivity contribution is -0.153. The second kappa shape index (κ2) is 11.3. The molecular weight excluding hydrogens is 378 g/mol. The zero-order valence-corrected chi connectivity index (χ0v) is 15.2. The highest BCUT2D eigenvalue weighted by Gasteiger charge is 2.36. The van der Waals surface area contributed by atoms with Crippen LogP contribution in [0.25, 0.3) is 0 Å². The number of carbonyl (C=O) groups excluding carboxylic acids is 6. The first kappa shape index (κ1) is 22.5. The Labute approximate surface area is 159 Å². The fourth-order valence-electron chi connectivity index (χ4n) is 2.06. The number of hydrogen-bond donors (Lipinski definition) is 0. The number of nitrogens with zero attached hydrogens (tertiary/aromatic N) is 1. The average Bonchev–Trinajstić information content (AvgIpc) is 3.02. The molecule has 0 aromatic heterocycles. The van der Waals surface area contributed by atoms with Crippen molar-refractivity contribution in [2.75, 3.05) is 27.4 Å². The van der Waals surface area contributed by atoms with E-state index < -0.39 is 54.9 Å². The van der Waals surface area contributed by atoms with Crippen molar-refractivity contribution in [3.05, 3.63) is 24.3 Å². The summed E-state index contributed by atoms with van der Waals surface area (Å²) in [5.41, 5.74) is 0. The molecular formula is C17H19NO10. The SMILES string of the molecule is COC(=O)/C=C/C(=O)OCC(COC(=O)/C=C/C(=O)OC)N1C(=O)CCC1=O. The number of ether oxygens (including phenoxy) is 4. The number of amides is 2. The predicted molar refractivity (Wildman–Crippen MR) is 89.1 cm³/mol. The van der Waals surface area contributed by atoms with Crippen LogP contribution >= 0.6 is 0 Å². The third-order valence-electron chi connectivity index (χ3n) is 3.40. The number of carbonyl (C=O) groups is 6. The molecule has 0 spiro atoms. The Hall–Kier alpha value is -3.50. The van der Waals surface area contributed by atoms with Crippen molar-refractivity contribution in [2.45, 2.75) is 18.9 Å². The monoisotopic (exact) mass is 397 g/mol. The number of hydrogen-bond acceptors (Lipinski definition) is 10. The number of rotatable bonds is 9. The Balaban J connectivity index is 2.72. The second-order valence-electron chi connectivity index (χ2n) is 5.28. The molecule has 2 amide bonds. The Morgan fingerprint density at radius 2 is 1.14 bits per heavy atom. The van der Waals surface area contributed by atoms with Gasteiger partial charge in [-0.3, -0.25) is 14.5 Å². The van der Waals surface area contributed by atoms with Crippen LogP contribution in [0.15, 0.2) is 24.3 Å². The first-order valence-corrected chi connectivity index (χ1v) is 7.99. The highest BCUT2D eigenvalue weighted by molar-refractivity contribution is 6.02. The van der Waals surface area contributed by atoms with Crippen molar-refractivity contribution in [3.8, 4) is 0 Å². The zero-order valence-electron chi connectivity index (χ0n) is 15.2. The minimum absolute atomic E-state index is 0.0122. The van der Waals surface area contributed by atoms with E-state index in [1.807, 2.05) is 0 Å². The van der Waals surface area contributed by atoms with Crippen molar-refractivity contribution in [1.29, 1.82) is 0 Å². The van der Waals surface area contributed by atoms with Crippen LogP contribution in [0, 0.1) is 0 Å². The number of esters is 4. The van der Waals surface area contributed by atoms with E-state index in [2.05, 4.69) is 9.47 Å². The Bertz CT molecular complexity index is 651. The summed E-state index contributed by atoms with van der Waals surface area (Å²) in [6.45, 7) is -0.925. The van der Waals surface area contributed by atoms with Crippen molar-refractivity contribution in [3.63, 3.8) is 0 Å². The van der Waals surface area contributed by atoms with Gasteiger partial charge >= 0.3 is 23.9 Å². The van der Waals surface area contributed by atoms with Crippen molar-refractivity contribution < 1.29 is 47.7 Å². The van der Waals surface area contributed by atoms with E-state index in [1.165, 1.54) is 0 Å². The van der Waals surface area contributed by atoms with Gasteiger partial charge in [-0.25, -0.2) is 19.2 Å². The van der Waals surface area contributed by atoms with Crippen LogP contribution in [-0.4, -0.2) is 74.1 Å². The minimum atomic E-state index is -1.06. The summed E-state index contributed by atoms with van der Waals surface area (Å²) < 4.78 is 18.4. The van der Waals surface area contributed by atoms with E-state index in [-0.39, 0.29) is 12.8 Å². The molecule has 0 N–H and O–H groups in total. The van der Waals surface area contributed by atoms with E-state index in [9.17, 15) is 28.8 Å². The van der Waals surface area contributed by atoms with Gasteiger partial charge in [0.25, 0.3) is 0 Å². The first-order chi connectivity index (χ1) is 13.3. The summed E-state index contributed by atoms with van der Waals surface area (Å²) in [5.74, 6) is -4.40. The second-order valence-corrected chi connectivity index (χ2v) is 5.28. The lowest BCUT2D eigenvalue weighted by Crippen LogP contribution is -2.45. The van der Waals surface area contributed by atoms with Gasteiger partial charge < -0.3 is 18.9 Å². The third kappa shape index (κ3) is 7.40. The van der Waals surface area contributed by atoms with Crippen molar-refractivity contribution in [2.24, 2.45) is 0 Å². The molecule has 1 aliphatic rings. The quantitative estimate of drug-likeness (QED) is 0.207. The predicted octanol–water partition coefficient (Wildman–Crippen LogP) is -0.951. The molecule has 0 aromatic carbocycles. The Kier molecular flexibility index (Phi) is 9.07. The van der Waals surface area contributed by atoms with Gasteiger partial charge in [0.2, 0.25) is 11.8 Å². The molecule has 1 saturated heterocycles. The fraction of sp³-hybridized carbons (Fsp3) is 0.412. The maximum absolute atomic E-state index is 11.9. The Morgan fingerprint density at radius 3 is 1.50 bits per heavy atom. The van der Waals surface area contributed by atoms with Crippen molar-refractivity contribution >= 4 is 35.7 Å². The molecule has 28 heavy (non-hydrogen) atoms. The van der Waals surface area contributed by atoms with Crippen LogP contribution in [-0.2, 0) is 47.7 Å². The molecule has 11 heteroatoms. The molecule has 0 radical (unpaired) electrons. The summed E-state index contributed by atoms with van der Waals surface area (Å²) in [4.78, 5) is 69.8. The smallest absolute Gasteiger partial charge is 0.331 e. The number of likely N-dealkylation sites (tertiary alicyclic amines) is 1. The van der Waals surface area contributed by atoms with Crippen LogP contribution in [0.1, 0.15) is 12.8 Å². The van der Waals surface area contributed by atoms with Gasteiger partial charge in [-0.1, -0.05) is 0 Å². The van der Waals surface area contributed by atoms with Crippen LogP contribution in [0.5, 0.6) is 0 Å². The molecule has 0 unspecified atom stereocenters. The maximum Gasteiger partial charge on any atom is 0.331 e. The summed E-state index contributed by atoms with van der Waals surface area (Å²) in [7, 11) is 2.25. The van der Waals surface area contributed by atoms with Crippen LogP contribution in [0.4, 0.5) is 0 Å². The molecule has 1 aliphatic heterocycles. The lowest BCUT2D eigenvalue weighted by Gasteiger charge is -2.25. The Morgan fingerprint density at radius 1 is 0.786 bits per heavy atom. The van der Waals surface area contributed by atoms with Crippen LogP contribution < -0.4 is 0 Å². The zero-order chi connectivity index (χ0) is 21.1. The summed E-state index contributed by atoms with van der Waals surface area (Å²) in [6.07, 6.45) is 3.26. The highest BCUT2D eigenvalue weighted by atomic mass is 16.6. The van der Waals surface area contributed by atoms with E-state index >= 15 is 0 Å². The molecule has 0 aliphatic carbocycles. The van der Waals surface area contributed by atoms with E-state index in [0.29, 0.717) is 0 Å². The fourth-order valence-corrected chi connectivity index (χ4v) is 2.06. The standard InChI is InChI=1S/C17H19NO10/c1-25-14(21)5-7-16(23)27-9-11(18-12(19)3-4-13(18)20)10-28-17(24)8-6-15(22)26-2/h5-8,11H,3-4,9-10H2,1-2H3/b7-5+,8-6+. The normalized spacial score (nSPS) is 14.0. The van der Waals surface area contributed by atoms with E-state index in [1.54, 1.807) is 0 Å². The minimum Gasteiger partial charge on any atom is -0.466 e. The van der Waals surface area contributed by atoms with Crippen molar-refractivity contribution in [1.82, 2.24) is 4.90 Å². The molecule has 1 heterocycles. The van der Waals surface area contributed by atoms with Gasteiger partial charge in [0.15, 0.2) is 0 Å². The summed E-state index contributed by atoms with van der Waals surface area (Å²) in [6, 6.07) is -1.06. The van der Waals surface area contributed by atoms with Crippen LogP contribution in [0.2, 0.25) is 0 Å². The van der Waals surface area contributed by atoms with E-state index in [4.69, 9.17) is 9.47 Å². The molecule has 11 nitrogen and oxygen atoms in total. The highest BCUT2D eigenvalue weighted by Crippen LogP contribution is 2.16. The van der Waals surface area contributed by atoms with Gasteiger partial charge in [0, 0.05) is 37.1 Å². The van der Waals surface area contributed by atoms with Crippen LogP contribution in [0.3, 0.4) is 0 Å². The summed E-state index contributed by atoms with van der Waals surface area (Å²) in [5, 5.41) is 0. The summed E-state index contributed by atoms with van der Waals surface area (Å²) >= 11 is 0. The first-order valence-electron chi connectivity index (χ1n) is 7.99. The van der Waals surface area contributed by atoms with E-state index in [0.717, 1.165) is 43.4 Å². The third-order valence-corrected chi connectivity index (χ3v) is 3.40. The molecule has 0 atom stereocenters.